The first-order chi connectivity index (χ1) is 23.0. The molecule has 3 aromatic carbocycles. The summed E-state index contributed by atoms with van der Waals surface area (Å²) in [5, 5.41) is 3.69. The molecule has 1 fully saturated rings. The van der Waals surface area contributed by atoms with Crippen LogP contribution in [-0.4, -0.2) is 41.9 Å². The number of rotatable bonds is 7. The van der Waals surface area contributed by atoms with Crippen molar-refractivity contribution in [2.24, 2.45) is 11.7 Å². The monoisotopic (exact) mass is 646 g/mol. The fourth-order valence-corrected chi connectivity index (χ4v) is 6.81. The van der Waals surface area contributed by atoms with Crippen molar-refractivity contribution >= 4 is 51.6 Å². The van der Waals surface area contributed by atoms with E-state index in [0.717, 1.165) is 23.5 Å². The summed E-state index contributed by atoms with van der Waals surface area (Å²) < 4.78 is 24.3. The van der Waals surface area contributed by atoms with Gasteiger partial charge in [0.15, 0.2) is 22.8 Å². The lowest BCUT2D eigenvalue weighted by atomic mass is 9.82. The second-order valence-electron chi connectivity index (χ2n) is 13.1. The zero-order chi connectivity index (χ0) is 34.3. The fourth-order valence-electron chi connectivity index (χ4n) is 6.81. The van der Waals surface area contributed by atoms with Gasteiger partial charge in [0.05, 0.1) is 16.8 Å². The van der Waals surface area contributed by atoms with Gasteiger partial charge in [0.25, 0.3) is 5.91 Å². The zero-order valence-electron chi connectivity index (χ0n) is 28.0. The quantitative estimate of drug-likeness (QED) is 0.0810. The molecule has 0 saturated carbocycles. The number of nitrogens with two attached hydrogens (primary N) is 1. The molecule has 1 atom stereocenters. The predicted molar refractivity (Wildman–Crippen MR) is 193 cm³/mol. The fraction of sp³-hybridized carbons (Fsp3) is 0.300. The lowest BCUT2D eigenvalue weighted by Gasteiger charge is -2.27. The van der Waals surface area contributed by atoms with Crippen LogP contribution in [0.5, 0.6) is 0 Å². The van der Waals surface area contributed by atoms with Crippen LogP contribution >= 0.6 is 0 Å². The molecule has 0 spiro atoms. The Kier molecular flexibility index (Phi) is 9.12. The maximum Gasteiger partial charge on any atom is 0.253 e. The number of unbranched alkanes of at least 4 members (excludes halogenated alkanes) is 1. The van der Waals surface area contributed by atoms with Gasteiger partial charge in [-0.3, -0.25) is 9.59 Å². The number of fused-ring (bicyclic) bond motifs is 4. The van der Waals surface area contributed by atoms with Crippen LogP contribution < -0.4 is 21.2 Å². The Balaban J connectivity index is 0.000000449. The number of hydrogen-bond acceptors (Lipinski definition) is 5. The first-order valence-corrected chi connectivity index (χ1v) is 16.7. The summed E-state index contributed by atoms with van der Waals surface area (Å²) in [6, 6.07) is 12.3. The number of ketones is 1. The van der Waals surface area contributed by atoms with Crippen LogP contribution in [0, 0.1) is 11.7 Å². The number of nitrogens with zero attached hydrogens (tertiary/aromatic N) is 2. The molecule has 3 aromatic rings. The van der Waals surface area contributed by atoms with E-state index in [-0.39, 0.29) is 17.7 Å². The van der Waals surface area contributed by atoms with E-state index >= 15 is 4.39 Å². The molecular formula is C40H43FN4O3. The Hall–Kier alpha value is -4.95. The van der Waals surface area contributed by atoms with Crippen molar-refractivity contribution in [1.29, 1.82) is 0 Å². The van der Waals surface area contributed by atoms with Crippen molar-refractivity contribution in [3.05, 3.63) is 107 Å². The van der Waals surface area contributed by atoms with Crippen LogP contribution in [0.25, 0.3) is 39.9 Å². The molecule has 0 radical (unpaired) electrons. The Morgan fingerprint density at radius 1 is 1.12 bits per heavy atom. The molecular weight excluding hydrogens is 603 g/mol. The van der Waals surface area contributed by atoms with Crippen molar-refractivity contribution in [2.75, 3.05) is 24.5 Å². The summed E-state index contributed by atoms with van der Waals surface area (Å²) in [6.45, 7) is 20.0. The van der Waals surface area contributed by atoms with E-state index < -0.39 is 5.82 Å². The van der Waals surface area contributed by atoms with Gasteiger partial charge in [0, 0.05) is 48.4 Å². The normalized spacial score (nSPS) is 15.5. The maximum atomic E-state index is 15.9. The average molecular weight is 647 g/mol. The number of pyridine rings is 1. The number of carbonyl (C=O) groups is 2. The molecule has 1 aliphatic carbocycles. The van der Waals surface area contributed by atoms with Crippen LogP contribution in [0.4, 0.5) is 10.1 Å². The van der Waals surface area contributed by atoms with Gasteiger partial charge in [-0.05, 0) is 72.2 Å². The van der Waals surface area contributed by atoms with E-state index in [4.69, 9.17) is 10.2 Å². The summed E-state index contributed by atoms with van der Waals surface area (Å²) >= 11 is 0. The standard InChI is InChI=1S/C32H27FN4O3.C8H16/c1-4-35-32(39)24-15-37-26-12-21-16(2)19-7-5-6-8-20(19)30(38)23(21)13-27(26)40-31-28(37)22(17(24)3)11-25(33)29(31)36-10-9-18(34)14-36;1-4-5-6-7-8(2)3/h5-8,11-13,15,18H,2-4,9-10,14,34H2,1H3,(H,35,39);4,8H,1,5-7H2,2-3H3. The number of allylic oxidation sites excluding steroid dienone is 1. The van der Waals surface area contributed by atoms with Gasteiger partial charge in [-0.2, -0.15) is 0 Å². The summed E-state index contributed by atoms with van der Waals surface area (Å²) in [7, 11) is 0. The Labute approximate surface area is 280 Å². The highest BCUT2D eigenvalue weighted by atomic mass is 19.1. The number of aromatic nitrogens is 1. The van der Waals surface area contributed by atoms with Crippen molar-refractivity contribution in [2.45, 2.75) is 52.5 Å². The third-order valence-electron chi connectivity index (χ3n) is 9.28. The molecule has 48 heavy (non-hydrogen) atoms. The molecule has 248 valence electrons. The van der Waals surface area contributed by atoms with E-state index in [1.165, 1.54) is 25.3 Å². The lowest BCUT2D eigenvalue weighted by Crippen LogP contribution is -2.31. The van der Waals surface area contributed by atoms with Crippen molar-refractivity contribution in [3.63, 3.8) is 0 Å². The number of halogens is 1. The summed E-state index contributed by atoms with van der Waals surface area (Å²) in [5.41, 5.74) is 11.9. The second kappa shape index (κ2) is 13.3. The molecule has 1 amide bonds. The summed E-state index contributed by atoms with van der Waals surface area (Å²) in [5.74, 6) is -0.0727. The number of carbonyl (C=O) groups excluding carboxylic acids is 2. The molecule has 3 heterocycles. The molecule has 0 bridgehead atoms. The van der Waals surface area contributed by atoms with E-state index in [9.17, 15) is 9.59 Å². The Morgan fingerprint density at radius 2 is 1.88 bits per heavy atom. The van der Waals surface area contributed by atoms with Gasteiger partial charge in [-0.25, -0.2) is 4.39 Å². The lowest BCUT2D eigenvalue weighted by molar-refractivity contribution is 0.0953. The van der Waals surface area contributed by atoms with Gasteiger partial charge in [0.2, 0.25) is 0 Å². The third-order valence-corrected chi connectivity index (χ3v) is 9.28. The molecule has 4 aliphatic rings. The highest BCUT2D eigenvalue weighted by Crippen LogP contribution is 2.42. The molecule has 7 rings (SSSR count). The first-order valence-electron chi connectivity index (χ1n) is 16.7. The molecule has 3 aliphatic heterocycles. The highest BCUT2D eigenvalue weighted by Gasteiger charge is 2.32. The van der Waals surface area contributed by atoms with E-state index in [0.29, 0.717) is 80.6 Å². The van der Waals surface area contributed by atoms with Crippen LogP contribution in [0.15, 0.2) is 72.3 Å². The SMILES string of the molecule is C=C1c2ccccc2C(=O)c2cc3oc4c(N5CCC(N)C5)c(F)cc5c4-n(cc(C(=O)NCC)c5=C)c3cc21.C=CCCCC(C)C. The van der Waals surface area contributed by atoms with Gasteiger partial charge in [0.1, 0.15) is 5.69 Å². The molecule has 1 saturated heterocycles. The second-order valence-corrected chi connectivity index (χ2v) is 13.1. The van der Waals surface area contributed by atoms with Gasteiger partial charge in [-0.15, -0.1) is 6.58 Å². The van der Waals surface area contributed by atoms with E-state index in [2.05, 4.69) is 38.9 Å². The molecule has 8 heteroatoms. The molecule has 1 unspecified atom stereocenters. The molecule has 0 aromatic heterocycles. The predicted octanol–water partition coefficient (Wildman–Crippen LogP) is 7.54. The minimum atomic E-state index is -0.485. The minimum absolute atomic E-state index is 0.0791. The number of benzene rings is 3. The zero-order valence-corrected chi connectivity index (χ0v) is 28.0. The van der Waals surface area contributed by atoms with E-state index in [1.54, 1.807) is 18.3 Å². The van der Waals surface area contributed by atoms with Crippen LogP contribution in [0.3, 0.4) is 0 Å². The summed E-state index contributed by atoms with van der Waals surface area (Å²) in [4.78, 5) is 28.5. The number of nitrogens with one attached hydrogen (secondary N) is 1. The average Bonchev–Trinajstić information content (AvgIpc) is 3.49. The highest BCUT2D eigenvalue weighted by molar-refractivity contribution is 6.20. The van der Waals surface area contributed by atoms with Crippen LogP contribution in [0.1, 0.15) is 83.9 Å². The van der Waals surface area contributed by atoms with Gasteiger partial charge >= 0.3 is 0 Å². The maximum absolute atomic E-state index is 15.9. The van der Waals surface area contributed by atoms with Crippen molar-refractivity contribution in [3.8, 4) is 5.69 Å². The first kappa shape index (κ1) is 33.0. The Bertz CT molecular complexity index is 2120. The number of anilines is 1. The van der Waals surface area contributed by atoms with Crippen molar-refractivity contribution in [1.82, 2.24) is 9.88 Å². The smallest absolute Gasteiger partial charge is 0.253 e. The van der Waals surface area contributed by atoms with E-state index in [1.807, 2.05) is 46.7 Å². The molecule has 3 N–H and O–H groups in total. The Morgan fingerprint density at radius 3 is 2.54 bits per heavy atom. The topological polar surface area (TPSA) is 93.5 Å². The molecule has 7 nitrogen and oxygen atoms in total. The largest absolute Gasteiger partial charge is 0.451 e. The van der Waals surface area contributed by atoms with Crippen LogP contribution in [0.2, 0.25) is 0 Å². The number of hydrogen-bond donors (Lipinski definition) is 2. The van der Waals surface area contributed by atoms with Crippen LogP contribution in [-0.2, 0) is 0 Å². The minimum Gasteiger partial charge on any atom is -0.451 e. The van der Waals surface area contributed by atoms with Gasteiger partial charge < -0.3 is 24.9 Å². The number of amides is 1. The third kappa shape index (κ3) is 5.75. The van der Waals surface area contributed by atoms with Crippen molar-refractivity contribution < 1.29 is 18.4 Å². The summed E-state index contributed by atoms with van der Waals surface area (Å²) in [6.07, 6.45) is 8.26. The van der Waals surface area contributed by atoms with Gasteiger partial charge in [-0.1, -0.05) is 63.8 Å².